The van der Waals surface area contributed by atoms with Gasteiger partial charge in [0.25, 0.3) is 0 Å². The highest BCUT2D eigenvalue weighted by Crippen LogP contribution is 2.22. The van der Waals surface area contributed by atoms with Gasteiger partial charge in [-0.2, -0.15) is 0 Å². The van der Waals surface area contributed by atoms with Crippen molar-refractivity contribution in [1.82, 2.24) is 15.5 Å². The monoisotopic (exact) mass is 382 g/mol. The molecule has 6 nitrogen and oxygen atoms in total. The fourth-order valence-electron chi connectivity index (χ4n) is 3.60. The number of nitrogens with one attached hydrogen (secondary N) is 2. The maximum Gasteiger partial charge on any atom is 0.191 e. The lowest BCUT2D eigenvalue weighted by atomic mass is 10.2. The normalized spacial score (nSPS) is 17.5. The summed E-state index contributed by atoms with van der Waals surface area (Å²) in [4.78, 5) is 6.84. The molecule has 0 saturated carbocycles. The third-order valence-electron chi connectivity index (χ3n) is 5.19. The van der Waals surface area contributed by atoms with E-state index in [1.807, 2.05) is 6.07 Å². The summed E-state index contributed by atoms with van der Waals surface area (Å²) in [7, 11) is 3.38. The molecule has 0 bridgehead atoms. The van der Waals surface area contributed by atoms with Crippen LogP contribution in [0.4, 0.5) is 0 Å². The van der Waals surface area contributed by atoms with E-state index in [0.29, 0.717) is 12.6 Å². The Hall–Kier alpha value is -2.73. The van der Waals surface area contributed by atoms with Crippen LogP contribution in [0.15, 0.2) is 53.5 Å². The van der Waals surface area contributed by atoms with E-state index in [1.165, 1.54) is 18.4 Å². The molecule has 1 atom stereocenters. The zero-order chi connectivity index (χ0) is 19.8. The number of guanidine groups is 1. The van der Waals surface area contributed by atoms with E-state index in [4.69, 9.17) is 4.74 Å². The molecule has 0 amide bonds. The molecule has 150 valence electrons. The maximum absolute atomic E-state index is 10.0. The summed E-state index contributed by atoms with van der Waals surface area (Å²) in [6.45, 7) is 3.43. The highest BCUT2D eigenvalue weighted by atomic mass is 16.5. The second kappa shape index (κ2) is 9.99. The minimum absolute atomic E-state index is 0.244. The van der Waals surface area contributed by atoms with Crippen molar-refractivity contribution in [3.63, 3.8) is 0 Å². The fraction of sp³-hybridized carbons (Fsp3) is 0.409. The summed E-state index contributed by atoms with van der Waals surface area (Å²) < 4.78 is 5.23. The standard InChI is InChI=1S/C22H30N4O2/c1-23-22(24-14-18-13-20(28-2)10-11-21(18)27)25-15-19-9-6-12-26(19)16-17-7-4-3-5-8-17/h3-5,7-8,10-11,13,19,27H,6,9,12,14-16H2,1-2H3,(H2,23,24,25). The fourth-order valence-corrected chi connectivity index (χ4v) is 3.60. The van der Waals surface area contributed by atoms with Crippen molar-refractivity contribution in [3.05, 3.63) is 59.7 Å². The Kier molecular flexibility index (Phi) is 7.14. The number of nitrogens with zero attached hydrogens (tertiary/aromatic N) is 2. The number of hydrogen-bond donors (Lipinski definition) is 3. The van der Waals surface area contributed by atoms with Gasteiger partial charge in [0.2, 0.25) is 0 Å². The molecule has 28 heavy (non-hydrogen) atoms. The van der Waals surface area contributed by atoms with Crippen molar-refractivity contribution in [2.24, 2.45) is 4.99 Å². The Bertz CT molecular complexity index is 779. The first-order chi connectivity index (χ1) is 13.7. The van der Waals surface area contributed by atoms with Gasteiger partial charge in [0.15, 0.2) is 5.96 Å². The Balaban J connectivity index is 1.51. The van der Waals surface area contributed by atoms with Crippen LogP contribution in [0.1, 0.15) is 24.0 Å². The van der Waals surface area contributed by atoms with Crippen LogP contribution in [0.5, 0.6) is 11.5 Å². The Labute approximate surface area is 167 Å². The summed E-state index contributed by atoms with van der Waals surface area (Å²) in [5.74, 6) is 1.70. The van der Waals surface area contributed by atoms with Crippen LogP contribution in [-0.4, -0.2) is 49.3 Å². The van der Waals surface area contributed by atoms with Gasteiger partial charge in [-0.05, 0) is 43.1 Å². The lowest BCUT2D eigenvalue weighted by Gasteiger charge is -2.25. The van der Waals surface area contributed by atoms with E-state index in [2.05, 4.69) is 50.9 Å². The molecule has 0 aromatic heterocycles. The molecular formula is C22H30N4O2. The Morgan fingerprint density at radius 2 is 2.04 bits per heavy atom. The van der Waals surface area contributed by atoms with Crippen LogP contribution in [0.2, 0.25) is 0 Å². The highest BCUT2D eigenvalue weighted by Gasteiger charge is 2.24. The number of likely N-dealkylation sites (tertiary alicyclic amines) is 1. The molecule has 2 aromatic rings. The predicted molar refractivity (Wildman–Crippen MR) is 113 cm³/mol. The molecule has 1 aliphatic heterocycles. The van der Waals surface area contributed by atoms with Gasteiger partial charge in [0.05, 0.1) is 7.11 Å². The number of aliphatic imine (C=N–C) groups is 1. The van der Waals surface area contributed by atoms with Gasteiger partial charge < -0.3 is 20.5 Å². The topological polar surface area (TPSA) is 69.1 Å². The van der Waals surface area contributed by atoms with Gasteiger partial charge in [-0.3, -0.25) is 9.89 Å². The molecule has 0 aliphatic carbocycles. The molecule has 0 spiro atoms. The van der Waals surface area contributed by atoms with Crippen LogP contribution in [0.3, 0.4) is 0 Å². The van der Waals surface area contributed by atoms with E-state index < -0.39 is 0 Å². The lowest BCUT2D eigenvalue weighted by Crippen LogP contribution is -2.44. The second-order valence-electron chi connectivity index (χ2n) is 7.05. The van der Waals surface area contributed by atoms with Crippen molar-refractivity contribution >= 4 is 5.96 Å². The molecule has 6 heteroatoms. The predicted octanol–water partition coefficient (Wildman–Crippen LogP) is 2.73. The van der Waals surface area contributed by atoms with E-state index in [9.17, 15) is 5.11 Å². The number of hydrogen-bond acceptors (Lipinski definition) is 4. The highest BCUT2D eigenvalue weighted by molar-refractivity contribution is 5.79. The molecule has 1 fully saturated rings. The van der Waals surface area contributed by atoms with Gasteiger partial charge in [0.1, 0.15) is 11.5 Å². The van der Waals surface area contributed by atoms with Crippen molar-refractivity contribution in [2.75, 3.05) is 27.2 Å². The van der Waals surface area contributed by atoms with E-state index in [-0.39, 0.29) is 5.75 Å². The molecule has 3 rings (SSSR count). The zero-order valence-electron chi connectivity index (χ0n) is 16.7. The third-order valence-corrected chi connectivity index (χ3v) is 5.19. The average Bonchev–Trinajstić information content (AvgIpc) is 3.17. The Morgan fingerprint density at radius 3 is 2.79 bits per heavy atom. The molecular weight excluding hydrogens is 352 g/mol. The van der Waals surface area contributed by atoms with Crippen molar-refractivity contribution in [3.8, 4) is 11.5 Å². The van der Waals surface area contributed by atoms with Crippen LogP contribution >= 0.6 is 0 Å². The minimum atomic E-state index is 0.244. The molecule has 2 aromatic carbocycles. The SMILES string of the molecule is CN=C(NCc1cc(OC)ccc1O)NCC1CCCN1Cc1ccccc1. The molecule has 1 unspecified atom stereocenters. The summed E-state index contributed by atoms with van der Waals surface area (Å²) in [6.07, 6.45) is 2.41. The summed E-state index contributed by atoms with van der Waals surface area (Å²) in [6, 6.07) is 16.3. The first-order valence-corrected chi connectivity index (χ1v) is 9.78. The molecule has 0 radical (unpaired) electrons. The molecule has 1 aliphatic rings. The maximum atomic E-state index is 10.0. The summed E-state index contributed by atoms with van der Waals surface area (Å²) in [5, 5.41) is 16.7. The quantitative estimate of drug-likeness (QED) is 0.507. The first-order valence-electron chi connectivity index (χ1n) is 9.78. The van der Waals surface area contributed by atoms with Crippen molar-refractivity contribution < 1.29 is 9.84 Å². The van der Waals surface area contributed by atoms with Gasteiger partial charge in [0, 0.05) is 38.3 Å². The number of ether oxygens (including phenoxy) is 1. The lowest BCUT2D eigenvalue weighted by molar-refractivity contribution is 0.245. The molecule has 3 N–H and O–H groups in total. The molecule has 1 heterocycles. The van der Waals surface area contributed by atoms with Crippen LogP contribution in [0, 0.1) is 0 Å². The van der Waals surface area contributed by atoms with Crippen molar-refractivity contribution in [2.45, 2.75) is 32.0 Å². The number of benzene rings is 2. The van der Waals surface area contributed by atoms with Gasteiger partial charge in [-0.15, -0.1) is 0 Å². The minimum Gasteiger partial charge on any atom is -0.508 e. The number of rotatable bonds is 7. The third kappa shape index (κ3) is 5.39. The van der Waals surface area contributed by atoms with E-state index in [0.717, 1.165) is 36.9 Å². The number of methoxy groups -OCH3 is 1. The first kappa shape index (κ1) is 20.0. The average molecular weight is 383 g/mol. The smallest absolute Gasteiger partial charge is 0.191 e. The van der Waals surface area contributed by atoms with Gasteiger partial charge in [-0.25, -0.2) is 0 Å². The van der Waals surface area contributed by atoms with E-state index in [1.54, 1.807) is 26.3 Å². The second-order valence-corrected chi connectivity index (χ2v) is 7.05. The van der Waals surface area contributed by atoms with Crippen LogP contribution in [-0.2, 0) is 13.1 Å². The van der Waals surface area contributed by atoms with Crippen LogP contribution in [0.25, 0.3) is 0 Å². The largest absolute Gasteiger partial charge is 0.508 e. The number of aromatic hydroxyl groups is 1. The zero-order valence-corrected chi connectivity index (χ0v) is 16.7. The van der Waals surface area contributed by atoms with Crippen molar-refractivity contribution in [1.29, 1.82) is 0 Å². The number of phenolic OH excluding ortho intramolecular Hbond substituents is 1. The van der Waals surface area contributed by atoms with E-state index >= 15 is 0 Å². The number of phenols is 1. The van der Waals surface area contributed by atoms with Gasteiger partial charge in [-0.1, -0.05) is 30.3 Å². The summed E-state index contributed by atoms with van der Waals surface area (Å²) >= 11 is 0. The Morgan fingerprint density at radius 1 is 1.21 bits per heavy atom. The summed E-state index contributed by atoms with van der Waals surface area (Å²) in [5.41, 5.74) is 2.12. The van der Waals surface area contributed by atoms with Crippen LogP contribution < -0.4 is 15.4 Å². The molecule has 1 saturated heterocycles. The van der Waals surface area contributed by atoms with Gasteiger partial charge >= 0.3 is 0 Å².